The number of carbonyl (C=O) groups excluding carboxylic acids is 2. The zero-order valence-corrected chi connectivity index (χ0v) is 19.1. The summed E-state index contributed by atoms with van der Waals surface area (Å²) >= 11 is 0. The smallest absolute Gasteiger partial charge is 0.253 e. The van der Waals surface area contributed by atoms with Gasteiger partial charge in [0, 0.05) is 43.3 Å². The minimum Gasteiger partial charge on any atom is -0.339 e. The summed E-state index contributed by atoms with van der Waals surface area (Å²) in [6.45, 7) is 5.16. The van der Waals surface area contributed by atoms with E-state index in [2.05, 4.69) is 5.32 Å². The summed E-state index contributed by atoms with van der Waals surface area (Å²) in [6.07, 6.45) is 1.00. The van der Waals surface area contributed by atoms with E-state index in [4.69, 9.17) is 0 Å². The maximum atomic E-state index is 13.4. The first-order valence-electron chi connectivity index (χ1n) is 10.7. The number of hydrogen-bond donors (Lipinski definition) is 1. The number of benzene rings is 2. The monoisotopic (exact) mass is 461 g/mol. The van der Waals surface area contributed by atoms with Crippen molar-refractivity contribution in [3.63, 3.8) is 0 Å². The summed E-state index contributed by atoms with van der Waals surface area (Å²) in [7, 11) is -3.55. The van der Waals surface area contributed by atoms with Crippen molar-refractivity contribution < 1.29 is 22.4 Å². The molecule has 0 radical (unpaired) electrons. The first kappa shape index (κ1) is 23.9. The molecular weight excluding hydrogens is 433 g/mol. The third-order valence-electron chi connectivity index (χ3n) is 5.69. The summed E-state index contributed by atoms with van der Waals surface area (Å²) < 4.78 is 39.9. The van der Waals surface area contributed by atoms with Crippen LogP contribution in [0.5, 0.6) is 0 Å². The number of amides is 2. The van der Waals surface area contributed by atoms with E-state index in [-0.39, 0.29) is 22.6 Å². The Bertz CT molecular complexity index is 1060. The van der Waals surface area contributed by atoms with E-state index in [1.165, 1.54) is 34.6 Å². The van der Waals surface area contributed by atoms with Crippen molar-refractivity contribution in [3.05, 3.63) is 59.9 Å². The van der Waals surface area contributed by atoms with Crippen LogP contribution in [0.4, 0.5) is 10.1 Å². The molecule has 32 heavy (non-hydrogen) atoms. The number of nitrogens with zero attached hydrogens (tertiary/aromatic N) is 2. The van der Waals surface area contributed by atoms with Gasteiger partial charge in [0.25, 0.3) is 5.91 Å². The molecule has 1 aliphatic heterocycles. The highest BCUT2D eigenvalue weighted by atomic mass is 32.2. The van der Waals surface area contributed by atoms with Gasteiger partial charge in [-0.05, 0) is 55.3 Å². The van der Waals surface area contributed by atoms with Gasteiger partial charge < -0.3 is 10.2 Å². The van der Waals surface area contributed by atoms with Crippen LogP contribution < -0.4 is 5.32 Å². The van der Waals surface area contributed by atoms with Crippen LogP contribution in [-0.4, -0.2) is 55.6 Å². The van der Waals surface area contributed by atoms with Crippen molar-refractivity contribution in [2.24, 2.45) is 5.92 Å². The Morgan fingerprint density at radius 3 is 2.25 bits per heavy atom. The van der Waals surface area contributed by atoms with Gasteiger partial charge >= 0.3 is 0 Å². The third kappa shape index (κ3) is 5.34. The minimum absolute atomic E-state index is 0.165. The number of likely N-dealkylation sites (tertiary alicyclic amines) is 1. The molecule has 1 N–H and O–H groups in total. The average molecular weight is 462 g/mol. The molecule has 0 bridgehead atoms. The fourth-order valence-corrected chi connectivity index (χ4v) is 5.27. The lowest BCUT2D eigenvalue weighted by atomic mass is 9.95. The summed E-state index contributed by atoms with van der Waals surface area (Å²) in [4.78, 5) is 27.0. The zero-order valence-electron chi connectivity index (χ0n) is 18.3. The van der Waals surface area contributed by atoms with Crippen molar-refractivity contribution in [3.8, 4) is 0 Å². The molecule has 172 valence electrons. The van der Waals surface area contributed by atoms with Crippen molar-refractivity contribution >= 4 is 27.5 Å². The highest BCUT2D eigenvalue weighted by molar-refractivity contribution is 7.89. The summed E-state index contributed by atoms with van der Waals surface area (Å²) in [5.41, 5.74) is 0.819. The van der Waals surface area contributed by atoms with E-state index >= 15 is 0 Å². The van der Waals surface area contributed by atoms with Crippen LogP contribution in [0.1, 0.15) is 37.0 Å². The first-order chi connectivity index (χ1) is 15.3. The fraction of sp³-hybridized carbons (Fsp3) is 0.391. The molecule has 0 unspecified atom stereocenters. The fourth-order valence-electron chi connectivity index (χ4n) is 3.82. The van der Waals surface area contributed by atoms with Gasteiger partial charge in [0.2, 0.25) is 15.9 Å². The minimum atomic E-state index is -3.55. The molecular formula is C23H28FN3O4S. The molecule has 1 fully saturated rings. The summed E-state index contributed by atoms with van der Waals surface area (Å²) in [6, 6.07) is 11.7. The predicted octanol–water partition coefficient (Wildman–Crippen LogP) is 3.35. The van der Waals surface area contributed by atoms with Gasteiger partial charge in [0.05, 0.1) is 4.90 Å². The van der Waals surface area contributed by atoms with Gasteiger partial charge in [0.15, 0.2) is 0 Å². The van der Waals surface area contributed by atoms with Crippen molar-refractivity contribution in [1.29, 1.82) is 0 Å². The third-order valence-corrected chi connectivity index (χ3v) is 7.75. The molecule has 2 aromatic carbocycles. The standard InChI is InChI=1S/C23H28FN3O4S/c1-3-27(4-2)32(30,31)21-10-8-20(9-11-21)25-22(28)17-12-14-26(15-13-17)23(29)18-6-5-7-19(24)16-18/h5-11,16-17H,3-4,12-15H2,1-2H3,(H,25,28). The lowest BCUT2D eigenvalue weighted by molar-refractivity contribution is -0.121. The van der Waals surface area contributed by atoms with E-state index in [1.54, 1.807) is 36.9 Å². The van der Waals surface area contributed by atoms with E-state index in [1.807, 2.05) is 0 Å². The molecule has 2 aromatic rings. The van der Waals surface area contributed by atoms with E-state index in [9.17, 15) is 22.4 Å². The van der Waals surface area contributed by atoms with E-state index < -0.39 is 15.8 Å². The van der Waals surface area contributed by atoms with Crippen LogP contribution in [0.2, 0.25) is 0 Å². The molecule has 0 aliphatic carbocycles. The van der Waals surface area contributed by atoms with Crippen LogP contribution in [0.25, 0.3) is 0 Å². The SMILES string of the molecule is CCN(CC)S(=O)(=O)c1ccc(NC(=O)C2CCN(C(=O)c3cccc(F)c3)CC2)cc1. The van der Waals surface area contributed by atoms with Crippen LogP contribution in [0, 0.1) is 11.7 Å². The molecule has 1 aliphatic rings. The van der Waals surface area contributed by atoms with Gasteiger partial charge in [-0.1, -0.05) is 19.9 Å². The first-order valence-corrected chi connectivity index (χ1v) is 12.2. The topological polar surface area (TPSA) is 86.8 Å². The van der Waals surface area contributed by atoms with Crippen LogP contribution in [-0.2, 0) is 14.8 Å². The van der Waals surface area contributed by atoms with E-state index in [0.29, 0.717) is 50.3 Å². The van der Waals surface area contributed by atoms with Crippen LogP contribution >= 0.6 is 0 Å². The second-order valence-electron chi connectivity index (χ2n) is 7.68. The molecule has 0 aromatic heterocycles. The van der Waals surface area contributed by atoms with Crippen molar-refractivity contribution in [2.75, 3.05) is 31.5 Å². The lowest BCUT2D eigenvalue weighted by Gasteiger charge is -2.31. The van der Waals surface area contributed by atoms with Gasteiger partial charge in [0.1, 0.15) is 5.82 Å². The molecule has 0 spiro atoms. The number of hydrogen-bond acceptors (Lipinski definition) is 4. The number of anilines is 1. The Morgan fingerprint density at radius 1 is 1.06 bits per heavy atom. The Hall–Kier alpha value is -2.78. The quantitative estimate of drug-likeness (QED) is 0.685. The second kappa shape index (κ2) is 10.2. The van der Waals surface area contributed by atoms with Crippen LogP contribution in [0.3, 0.4) is 0 Å². The van der Waals surface area contributed by atoms with E-state index in [0.717, 1.165) is 0 Å². The Balaban J connectivity index is 1.56. The maximum absolute atomic E-state index is 13.4. The van der Waals surface area contributed by atoms with Crippen LogP contribution in [0.15, 0.2) is 53.4 Å². The Morgan fingerprint density at radius 2 is 1.69 bits per heavy atom. The number of nitrogens with one attached hydrogen (secondary N) is 1. The molecule has 3 rings (SSSR count). The van der Waals surface area contributed by atoms with Gasteiger partial charge in [-0.2, -0.15) is 4.31 Å². The Kier molecular flexibility index (Phi) is 7.63. The lowest BCUT2D eigenvalue weighted by Crippen LogP contribution is -2.41. The summed E-state index contributed by atoms with van der Waals surface area (Å²) in [5.74, 6) is -1.12. The molecule has 1 heterocycles. The van der Waals surface area contributed by atoms with Crippen molar-refractivity contribution in [1.82, 2.24) is 9.21 Å². The number of rotatable bonds is 7. The highest BCUT2D eigenvalue weighted by Gasteiger charge is 2.28. The molecule has 1 saturated heterocycles. The molecule has 0 saturated carbocycles. The van der Waals surface area contributed by atoms with Gasteiger partial charge in [-0.25, -0.2) is 12.8 Å². The molecule has 7 nitrogen and oxygen atoms in total. The Labute approximate surface area is 188 Å². The highest BCUT2D eigenvalue weighted by Crippen LogP contribution is 2.23. The zero-order chi connectivity index (χ0) is 23.3. The number of piperidine rings is 1. The predicted molar refractivity (Wildman–Crippen MR) is 120 cm³/mol. The average Bonchev–Trinajstić information content (AvgIpc) is 2.79. The number of carbonyl (C=O) groups is 2. The molecule has 0 atom stereocenters. The molecule has 2 amide bonds. The molecule has 9 heteroatoms. The summed E-state index contributed by atoms with van der Waals surface area (Å²) in [5, 5.41) is 2.83. The van der Waals surface area contributed by atoms with Crippen molar-refractivity contribution in [2.45, 2.75) is 31.6 Å². The maximum Gasteiger partial charge on any atom is 0.253 e. The number of sulfonamides is 1. The normalized spacial score (nSPS) is 15.1. The van der Waals surface area contributed by atoms with Gasteiger partial charge in [-0.15, -0.1) is 0 Å². The number of halogens is 1. The second-order valence-corrected chi connectivity index (χ2v) is 9.62. The van der Waals surface area contributed by atoms with Gasteiger partial charge in [-0.3, -0.25) is 9.59 Å². The largest absolute Gasteiger partial charge is 0.339 e.